The summed E-state index contributed by atoms with van der Waals surface area (Å²) in [5.74, 6) is 0. The lowest BCUT2D eigenvalue weighted by Crippen LogP contribution is -2.33. The molecule has 0 aliphatic carbocycles. The van der Waals surface area contributed by atoms with Gasteiger partial charge in [0, 0.05) is 6.07 Å². The number of hydrogen-bond acceptors (Lipinski definition) is 4. The van der Waals surface area contributed by atoms with Crippen LogP contribution in [0.5, 0.6) is 0 Å². The molecule has 0 aliphatic heterocycles. The van der Waals surface area contributed by atoms with E-state index in [9.17, 15) is 31.7 Å². The van der Waals surface area contributed by atoms with Crippen LogP contribution in [0, 0.1) is 10.1 Å². The van der Waals surface area contributed by atoms with Gasteiger partial charge < -0.3 is 0 Å². The first kappa shape index (κ1) is 15.7. The number of alkyl halides is 3. The Balaban J connectivity index is 3.09. The van der Waals surface area contributed by atoms with Crippen molar-refractivity contribution >= 4 is 27.3 Å². The van der Waals surface area contributed by atoms with Gasteiger partial charge in [0.2, 0.25) is 10.0 Å². The van der Waals surface area contributed by atoms with Crippen molar-refractivity contribution in [3.05, 3.63) is 33.3 Å². The maximum atomic E-state index is 11.9. The van der Waals surface area contributed by atoms with Crippen LogP contribution in [0.2, 0.25) is 5.02 Å². The van der Waals surface area contributed by atoms with Crippen molar-refractivity contribution in [2.75, 3.05) is 6.54 Å². The van der Waals surface area contributed by atoms with Gasteiger partial charge in [-0.25, -0.2) is 13.1 Å². The second-order valence-electron chi connectivity index (χ2n) is 3.31. The monoisotopic (exact) mass is 318 g/mol. The van der Waals surface area contributed by atoms with E-state index in [2.05, 4.69) is 0 Å². The number of sulfonamides is 1. The molecule has 1 aromatic rings. The number of hydrogen-bond donors (Lipinski definition) is 1. The van der Waals surface area contributed by atoms with Gasteiger partial charge >= 0.3 is 6.18 Å². The molecule has 0 saturated carbocycles. The molecule has 0 spiro atoms. The lowest BCUT2D eigenvalue weighted by Gasteiger charge is -2.09. The van der Waals surface area contributed by atoms with Gasteiger partial charge in [0.15, 0.2) is 0 Å². The molecule has 1 rings (SSSR count). The predicted octanol–water partition coefficient (Wildman–Crippen LogP) is 2.09. The highest BCUT2D eigenvalue weighted by Gasteiger charge is 2.30. The lowest BCUT2D eigenvalue weighted by atomic mass is 10.3. The summed E-state index contributed by atoms with van der Waals surface area (Å²) in [6, 6.07) is 2.37. The van der Waals surface area contributed by atoms with Crippen molar-refractivity contribution in [1.82, 2.24) is 4.72 Å². The maximum Gasteiger partial charge on any atom is 0.402 e. The van der Waals surface area contributed by atoms with Crippen LogP contribution in [0.1, 0.15) is 0 Å². The molecule has 0 saturated heterocycles. The van der Waals surface area contributed by atoms with E-state index >= 15 is 0 Å². The Morgan fingerprint density at radius 2 is 1.95 bits per heavy atom. The minimum atomic E-state index is -4.73. The van der Waals surface area contributed by atoms with Gasteiger partial charge in [0.05, 0.1) is 9.82 Å². The fourth-order valence-electron chi connectivity index (χ4n) is 1.06. The minimum absolute atomic E-state index is 0.320. The van der Waals surface area contributed by atoms with Crippen LogP contribution in [0.15, 0.2) is 23.1 Å². The highest BCUT2D eigenvalue weighted by molar-refractivity contribution is 7.89. The smallest absolute Gasteiger partial charge is 0.258 e. The lowest BCUT2D eigenvalue weighted by molar-refractivity contribution is -0.384. The Morgan fingerprint density at radius 3 is 2.42 bits per heavy atom. The molecule has 0 atom stereocenters. The van der Waals surface area contributed by atoms with E-state index in [0.717, 1.165) is 12.1 Å². The third-order valence-corrected chi connectivity index (χ3v) is 3.61. The van der Waals surface area contributed by atoms with Crippen LogP contribution in [0.4, 0.5) is 18.9 Å². The van der Waals surface area contributed by atoms with Crippen LogP contribution >= 0.6 is 11.6 Å². The van der Waals surface area contributed by atoms with E-state index in [4.69, 9.17) is 11.6 Å². The number of benzene rings is 1. The molecule has 1 aromatic carbocycles. The third-order valence-electron chi connectivity index (χ3n) is 1.89. The Morgan fingerprint density at radius 1 is 1.37 bits per heavy atom. The molecule has 1 N–H and O–H groups in total. The van der Waals surface area contributed by atoms with Crippen molar-refractivity contribution in [3.8, 4) is 0 Å². The number of rotatable bonds is 4. The van der Waals surface area contributed by atoms with Gasteiger partial charge in [0.25, 0.3) is 5.69 Å². The van der Waals surface area contributed by atoms with E-state index in [-0.39, 0.29) is 5.02 Å². The number of nitrogens with one attached hydrogen (secondary N) is 1. The molecule has 0 unspecified atom stereocenters. The number of halogens is 4. The largest absolute Gasteiger partial charge is 0.402 e. The molecule has 106 valence electrons. The Hall–Kier alpha value is -1.39. The summed E-state index contributed by atoms with van der Waals surface area (Å²) in [6.45, 7) is -1.77. The molecule has 0 aliphatic rings. The third kappa shape index (κ3) is 4.33. The maximum absolute atomic E-state index is 11.9. The number of nitrogens with zero attached hydrogens (tertiary/aromatic N) is 1. The van der Waals surface area contributed by atoms with Crippen molar-refractivity contribution in [2.45, 2.75) is 11.1 Å². The summed E-state index contributed by atoms with van der Waals surface area (Å²) in [5.41, 5.74) is -0.712. The second-order valence-corrected chi connectivity index (χ2v) is 5.48. The van der Waals surface area contributed by atoms with Crippen molar-refractivity contribution in [1.29, 1.82) is 0 Å². The molecule has 0 aromatic heterocycles. The highest BCUT2D eigenvalue weighted by Crippen LogP contribution is 2.27. The van der Waals surface area contributed by atoms with Crippen LogP contribution in [-0.4, -0.2) is 26.1 Å². The van der Waals surface area contributed by atoms with Gasteiger partial charge in [-0.05, 0) is 12.1 Å². The van der Waals surface area contributed by atoms with Gasteiger partial charge in [-0.2, -0.15) is 13.2 Å². The fraction of sp³-hybridized carbons (Fsp3) is 0.250. The highest BCUT2D eigenvalue weighted by atomic mass is 35.5. The van der Waals surface area contributed by atoms with E-state index in [1.165, 1.54) is 4.72 Å². The van der Waals surface area contributed by atoms with Gasteiger partial charge in [0.1, 0.15) is 11.6 Å². The van der Waals surface area contributed by atoms with Gasteiger partial charge in [-0.1, -0.05) is 11.6 Å². The van der Waals surface area contributed by atoms with Crippen LogP contribution in [-0.2, 0) is 10.0 Å². The SMILES string of the molecule is O=[N+]([O-])c1cc(S(=O)(=O)NCC(F)(F)F)ccc1Cl. The molecule has 6 nitrogen and oxygen atoms in total. The summed E-state index contributed by atoms with van der Waals surface area (Å²) in [4.78, 5) is 8.93. The normalized spacial score (nSPS) is 12.4. The van der Waals surface area contributed by atoms with Gasteiger partial charge in [-0.15, -0.1) is 0 Å². The molecule has 19 heavy (non-hydrogen) atoms. The predicted molar refractivity (Wildman–Crippen MR) is 59.3 cm³/mol. The average Bonchev–Trinajstić information content (AvgIpc) is 2.25. The summed E-state index contributed by atoms with van der Waals surface area (Å²) in [5, 5.41) is 10.2. The number of nitro benzene ring substituents is 1. The molecule has 0 radical (unpaired) electrons. The zero-order valence-electron chi connectivity index (χ0n) is 8.94. The minimum Gasteiger partial charge on any atom is -0.258 e. The van der Waals surface area contributed by atoms with Crippen molar-refractivity contribution < 1.29 is 26.5 Å². The summed E-state index contributed by atoms with van der Waals surface area (Å²) < 4.78 is 60.0. The Labute approximate surface area is 110 Å². The molecule has 0 bridgehead atoms. The Bertz CT molecular complexity index is 603. The molecule has 11 heteroatoms. The molecule has 0 fully saturated rings. The standard InChI is InChI=1S/C8H6ClF3N2O4S/c9-6-2-1-5(3-7(6)14(15)16)19(17,18)13-4-8(10,11)12/h1-3,13H,4H2. The Kier molecular flexibility index (Phi) is 4.38. The van der Waals surface area contributed by atoms with Crippen molar-refractivity contribution in [2.24, 2.45) is 0 Å². The van der Waals surface area contributed by atoms with E-state index in [1.54, 1.807) is 0 Å². The zero-order valence-corrected chi connectivity index (χ0v) is 10.5. The topological polar surface area (TPSA) is 89.3 Å². The summed E-state index contributed by atoms with van der Waals surface area (Å²) in [6.07, 6.45) is -4.73. The molecular formula is C8H6ClF3N2O4S. The van der Waals surface area contributed by atoms with E-state index < -0.39 is 38.3 Å². The van der Waals surface area contributed by atoms with Crippen LogP contribution in [0.3, 0.4) is 0 Å². The quantitative estimate of drug-likeness (QED) is 0.680. The fourth-order valence-corrected chi connectivity index (χ4v) is 2.28. The van der Waals surface area contributed by atoms with Crippen LogP contribution in [0.25, 0.3) is 0 Å². The summed E-state index contributed by atoms with van der Waals surface area (Å²) >= 11 is 5.45. The van der Waals surface area contributed by atoms with E-state index in [1.807, 2.05) is 0 Å². The molecule has 0 amide bonds. The first-order chi connectivity index (χ1) is 8.53. The number of nitro groups is 1. The molecular weight excluding hydrogens is 313 g/mol. The van der Waals surface area contributed by atoms with E-state index in [0.29, 0.717) is 6.07 Å². The first-order valence-corrected chi connectivity index (χ1v) is 6.39. The van der Waals surface area contributed by atoms with Gasteiger partial charge in [-0.3, -0.25) is 10.1 Å². The molecule has 0 heterocycles. The van der Waals surface area contributed by atoms with Crippen LogP contribution < -0.4 is 4.72 Å². The average molecular weight is 319 g/mol. The first-order valence-electron chi connectivity index (χ1n) is 4.53. The summed E-state index contributed by atoms with van der Waals surface area (Å²) in [7, 11) is -4.50. The van der Waals surface area contributed by atoms with Crippen molar-refractivity contribution in [3.63, 3.8) is 0 Å². The second kappa shape index (κ2) is 5.31. The zero-order chi connectivity index (χ0) is 14.8.